The summed E-state index contributed by atoms with van der Waals surface area (Å²) in [5.74, 6) is 0.202. The smallest absolute Gasteiger partial charge is 0.258 e. The summed E-state index contributed by atoms with van der Waals surface area (Å²) >= 11 is 5.71. The summed E-state index contributed by atoms with van der Waals surface area (Å²) in [6.45, 7) is 0.503. The lowest BCUT2D eigenvalue weighted by Crippen LogP contribution is -2.16. The zero-order valence-corrected chi connectivity index (χ0v) is 13.5. The van der Waals surface area contributed by atoms with Crippen molar-refractivity contribution in [2.45, 2.75) is 13.2 Å². The van der Waals surface area contributed by atoms with Crippen LogP contribution in [0.25, 0.3) is 10.9 Å². The molecule has 0 atom stereocenters. The first-order valence-corrected chi connectivity index (χ1v) is 7.55. The van der Waals surface area contributed by atoms with Gasteiger partial charge in [-0.1, -0.05) is 11.6 Å². The number of rotatable bonds is 5. The Morgan fingerprint density at radius 2 is 2.21 bits per heavy atom. The van der Waals surface area contributed by atoms with Crippen molar-refractivity contribution >= 4 is 22.5 Å². The molecule has 8 heteroatoms. The van der Waals surface area contributed by atoms with E-state index in [0.29, 0.717) is 34.7 Å². The molecule has 0 radical (unpaired) electrons. The third-order valence-electron chi connectivity index (χ3n) is 3.36. The van der Waals surface area contributed by atoms with Crippen LogP contribution in [0.4, 0.5) is 4.39 Å². The van der Waals surface area contributed by atoms with E-state index in [-0.39, 0.29) is 17.2 Å². The molecule has 2 N–H and O–H groups in total. The highest BCUT2D eigenvalue weighted by Gasteiger charge is 2.10. The fourth-order valence-electron chi connectivity index (χ4n) is 2.25. The summed E-state index contributed by atoms with van der Waals surface area (Å²) < 4.78 is 18.7. The van der Waals surface area contributed by atoms with E-state index < -0.39 is 5.82 Å². The number of pyridine rings is 1. The van der Waals surface area contributed by atoms with Gasteiger partial charge in [-0.15, -0.1) is 0 Å². The van der Waals surface area contributed by atoms with Crippen molar-refractivity contribution in [3.63, 3.8) is 0 Å². The fraction of sp³-hybridized carbons (Fsp3) is 0.188. The van der Waals surface area contributed by atoms with Crippen LogP contribution in [0.3, 0.4) is 0 Å². The van der Waals surface area contributed by atoms with Gasteiger partial charge < -0.3 is 15.0 Å². The Hall–Kier alpha value is -2.51. The molecule has 0 amide bonds. The van der Waals surface area contributed by atoms with Crippen LogP contribution in [-0.2, 0) is 13.2 Å². The molecule has 3 aromatic rings. The number of hydrogen-bond donors (Lipinski definition) is 2. The average molecular weight is 349 g/mol. The lowest BCUT2D eigenvalue weighted by atomic mass is 10.2. The van der Waals surface area contributed by atoms with Crippen LogP contribution in [0.1, 0.15) is 11.5 Å². The second-order valence-electron chi connectivity index (χ2n) is 5.06. The van der Waals surface area contributed by atoms with E-state index in [2.05, 4.69) is 20.3 Å². The van der Waals surface area contributed by atoms with Crippen LogP contribution < -0.4 is 15.6 Å². The quantitative estimate of drug-likeness (QED) is 0.740. The summed E-state index contributed by atoms with van der Waals surface area (Å²) in [5.41, 5.74) is 0.925. The van der Waals surface area contributed by atoms with Crippen LogP contribution in [0.2, 0.25) is 5.02 Å². The van der Waals surface area contributed by atoms with Gasteiger partial charge in [0, 0.05) is 18.8 Å². The standard InChI is InChI=1S/C16H14ClFN4O2/c1-19-7-13-15-10(4-5-20-13)16(23)22-14(21-15)8-24-9-2-3-12(18)11(17)6-9/h2-6,19H,7-8H2,1H3,(H,21,22,23). The maximum absolute atomic E-state index is 13.1. The largest absolute Gasteiger partial charge is 0.486 e. The molecule has 0 saturated heterocycles. The molecule has 0 aliphatic heterocycles. The van der Waals surface area contributed by atoms with Crippen molar-refractivity contribution in [3.8, 4) is 5.75 Å². The van der Waals surface area contributed by atoms with Crippen LogP contribution in [0.15, 0.2) is 35.3 Å². The molecule has 2 aromatic heterocycles. The summed E-state index contributed by atoms with van der Waals surface area (Å²) in [4.78, 5) is 23.5. The van der Waals surface area contributed by atoms with Gasteiger partial charge in [0.1, 0.15) is 29.5 Å². The average Bonchev–Trinajstić information content (AvgIpc) is 2.57. The third-order valence-corrected chi connectivity index (χ3v) is 3.65. The van der Waals surface area contributed by atoms with Crippen LogP contribution in [0, 0.1) is 5.82 Å². The van der Waals surface area contributed by atoms with Crippen LogP contribution >= 0.6 is 11.6 Å². The third kappa shape index (κ3) is 3.37. The van der Waals surface area contributed by atoms with E-state index in [1.807, 2.05) is 0 Å². The number of H-pyrrole nitrogens is 1. The number of ether oxygens (including phenoxy) is 1. The molecule has 0 unspecified atom stereocenters. The van der Waals surface area contributed by atoms with Gasteiger partial charge >= 0.3 is 0 Å². The minimum Gasteiger partial charge on any atom is -0.486 e. The Kier molecular flexibility index (Phi) is 4.73. The molecule has 2 heterocycles. The first kappa shape index (κ1) is 16.4. The van der Waals surface area contributed by atoms with Crippen molar-refractivity contribution in [1.29, 1.82) is 0 Å². The van der Waals surface area contributed by atoms with Crippen LogP contribution in [0.5, 0.6) is 5.75 Å². The van der Waals surface area contributed by atoms with E-state index in [9.17, 15) is 9.18 Å². The topological polar surface area (TPSA) is 79.9 Å². The summed E-state index contributed by atoms with van der Waals surface area (Å²) in [5, 5.41) is 3.42. The highest BCUT2D eigenvalue weighted by Crippen LogP contribution is 2.21. The summed E-state index contributed by atoms with van der Waals surface area (Å²) in [7, 11) is 1.79. The number of aromatic nitrogens is 3. The first-order chi connectivity index (χ1) is 11.6. The van der Waals surface area contributed by atoms with E-state index in [1.165, 1.54) is 18.2 Å². The van der Waals surface area contributed by atoms with Crippen LogP contribution in [-0.4, -0.2) is 22.0 Å². The van der Waals surface area contributed by atoms with E-state index in [1.54, 1.807) is 19.3 Å². The fourth-order valence-corrected chi connectivity index (χ4v) is 2.42. The monoisotopic (exact) mass is 348 g/mol. The van der Waals surface area contributed by atoms with Gasteiger partial charge in [-0.3, -0.25) is 9.78 Å². The minimum atomic E-state index is -0.524. The number of aromatic amines is 1. The number of benzene rings is 1. The van der Waals surface area contributed by atoms with Crippen molar-refractivity contribution in [2.24, 2.45) is 0 Å². The molecule has 6 nitrogen and oxygen atoms in total. The number of nitrogens with zero attached hydrogens (tertiary/aromatic N) is 2. The van der Waals surface area contributed by atoms with Crippen molar-refractivity contribution in [3.05, 3.63) is 63.2 Å². The highest BCUT2D eigenvalue weighted by molar-refractivity contribution is 6.30. The SMILES string of the molecule is CNCc1nccc2c(=O)[nH]c(COc3ccc(F)c(Cl)c3)nc12. The highest BCUT2D eigenvalue weighted by atomic mass is 35.5. The van der Waals surface area contributed by atoms with Gasteiger partial charge in [-0.2, -0.15) is 0 Å². The summed E-state index contributed by atoms with van der Waals surface area (Å²) in [6.07, 6.45) is 1.57. The maximum atomic E-state index is 13.1. The molecule has 24 heavy (non-hydrogen) atoms. The van der Waals surface area contributed by atoms with Crippen molar-refractivity contribution in [1.82, 2.24) is 20.3 Å². The molecule has 0 aliphatic rings. The Bertz CT molecular complexity index is 945. The molecular formula is C16H14ClFN4O2. The number of fused-ring (bicyclic) bond motifs is 1. The molecule has 124 valence electrons. The predicted octanol–water partition coefficient (Wildman–Crippen LogP) is 2.41. The lowest BCUT2D eigenvalue weighted by molar-refractivity contribution is 0.295. The Morgan fingerprint density at radius 1 is 1.38 bits per heavy atom. The molecule has 0 aliphatic carbocycles. The lowest BCUT2D eigenvalue weighted by Gasteiger charge is -2.08. The van der Waals surface area contributed by atoms with Gasteiger partial charge in [0.05, 0.1) is 16.1 Å². The molecule has 3 rings (SSSR count). The van der Waals surface area contributed by atoms with Gasteiger partial charge in [0.2, 0.25) is 0 Å². The van der Waals surface area contributed by atoms with E-state index in [0.717, 1.165) is 0 Å². The molecule has 1 aromatic carbocycles. The molecule has 0 bridgehead atoms. The van der Waals surface area contributed by atoms with Crippen molar-refractivity contribution in [2.75, 3.05) is 7.05 Å². The minimum absolute atomic E-state index is 0.0149. The van der Waals surface area contributed by atoms with E-state index in [4.69, 9.17) is 16.3 Å². The van der Waals surface area contributed by atoms with Gasteiger partial charge in [0.25, 0.3) is 5.56 Å². The second-order valence-corrected chi connectivity index (χ2v) is 5.47. The summed E-state index contributed by atoms with van der Waals surface area (Å²) in [6, 6.07) is 5.65. The zero-order valence-electron chi connectivity index (χ0n) is 12.8. The predicted molar refractivity (Wildman–Crippen MR) is 88.7 cm³/mol. The van der Waals surface area contributed by atoms with Gasteiger partial charge in [-0.05, 0) is 25.2 Å². The Morgan fingerprint density at radius 3 is 2.96 bits per heavy atom. The normalized spacial score (nSPS) is 11.0. The molecule has 0 saturated carbocycles. The number of hydrogen-bond acceptors (Lipinski definition) is 5. The molecule has 0 spiro atoms. The Balaban J connectivity index is 1.90. The van der Waals surface area contributed by atoms with E-state index >= 15 is 0 Å². The molecule has 0 fully saturated rings. The number of halogens is 2. The molecular weight excluding hydrogens is 335 g/mol. The van der Waals surface area contributed by atoms with Crippen molar-refractivity contribution < 1.29 is 9.13 Å². The second kappa shape index (κ2) is 6.94. The van der Waals surface area contributed by atoms with Gasteiger partial charge in [0.15, 0.2) is 0 Å². The maximum Gasteiger partial charge on any atom is 0.258 e. The number of nitrogens with one attached hydrogen (secondary N) is 2. The van der Waals surface area contributed by atoms with Gasteiger partial charge in [-0.25, -0.2) is 9.37 Å². The zero-order chi connectivity index (χ0) is 17.1. The Labute approximate surface area is 141 Å². The first-order valence-electron chi connectivity index (χ1n) is 7.17.